The lowest BCUT2D eigenvalue weighted by Crippen LogP contribution is -2.29. The molecule has 0 bridgehead atoms. The van der Waals surface area contributed by atoms with E-state index in [2.05, 4.69) is 24.4 Å². The molecule has 0 heterocycles. The number of unbranched alkanes of at least 4 members (excludes halogenated alkanes) is 20. The van der Waals surface area contributed by atoms with Gasteiger partial charge in [0.1, 0.15) is 6.61 Å². The molecule has 0 aliphatic rings. The maximum absolute atomic E-state index is 12.3. The number of rotatable bonds is 36. The minimum absolute atomic E-state index is 0.115. The first-order valence-electron chi connectivity index (χ1n) is 20.1. The monoisotopic (exact) mass is 737 g/mol. The van der Waals surface area contributed by atoms with Crippen LogP contribution in [0.2, 0.25) is 0 Å². The molecular weight excluding hydrogens is 663 g/mol. The third kappa shape index (κ3) is 40.4. The van der Waals surface area contributed by atoms with E-state index >= 15 is 0 Å². The predicted octanol–water partition coefficient (Wildman–Crippen LogP) is 12.1. The smallest absolute Gasteiger partial charge is 0.462 e. The van der Waals surface area contributed by atoms with Gasteiger partial charge in [-0.15, -0.1) is 0 Å². The van der Waals surface area contributed by atoms with Crippen molar-refractivity contribution in [1.29, 1.82) is 0 Å². The van der Waals surface area contributed by atoms with Crippen molar-refractivity contribution in [3.05, 3.63) is 60.8 Å². The molecule has 0 amide bonds. The van der Waals surface area contributed by atoms with E-state index < -0.39 is 32.5 Å². The average Bonchev–Trinajstić information content (AvgIpc) is 3.10. The van der Waals surface area contributed by atoms with E-state index in [4.69, 9.17) is 19.3 Å². The summed E-state index contributed by atoms with van der Waals surface area (Å²) in [5, 5.41) is 0. The molecule has 51 heavy (non-hydrogen) atoms. The number of ether oxygens (including phenoxy) is 2. The van der Waals surface area contributed by atoms with Crippen LogP contribution in [0.15, 0.2) is 60.8 Å². The molecule has 0 fully saturated rings. The van der Waals surface area contributed by atoms with Crippen LogP contribution in [0.3, 0.4) is 0 Å². The third-order valence-electron chi connectivity index (χ3n) is 8.43. The third-order valence-corrected chi connectivity index (χ3v) is 8.91. The fourth-order valence-electron chi connectivity index (χ4n) is 5.46. The predicted molar refractivity (Wildman–Crippen MR) is 211 cm³/mol. The molecule has 0 aliphatic carbocycles. The van der Waals surface area contributed by atoms with Gasteiger partial charge in [-0.1, -0.05) is 197 Å². The van der Waals surface area contributed by atoms with Gasteiger partial charge in [0.05, 0.1) is 6.61 Å². The fraction of sp³-hybridized carbons (Fsp3) is 0.714. The van der Waals surface area contributed by atoms with Crippen LogP contribution in [-0.4, -0.2) is 41.0 Å². The quantitative estimate of drug-likeness (QED) is 0.0282. The van der Waals surface area contributed by atoms with Crippen LogP contribution in [0.25, 0.3) is 0 Å². The lowest BCUT2D eigenvalue weighted by atomic mass is 10.0. The average molecular weight is 737 g/mol. The molecule has 0 rings (SSSR count). The SMILES string of the molecule is CC/C=C/C=C/C=C/C=C/C=C/CCCC(=O)OC(COC(=O)CCCCCCCCCCCCCCCCCCCCCC)COP(=O)(O)O. The van der Waals surface area contributed by atoms with E-state index in [1.54, 1.807) is 0 Å². The number of carbonyl (C=O) groups is 2. The Kier molecular flexibility index (Phi) is 35.9. The zero-order chi connectivity index (χ0) is 37.5. The van der Waals surface area contributed by atoms with E-state index in [0.717, 1.165) is 19.3 Å². The maximum Gasteiger partial charge on any atom is 0.469 e. The second-order valence-electron chi connectivity index (χ2n) is 13.4. The minimum atomic E-state index is -4.77. The first kappa shape index (κ1) is 48.8. The first-order chi connectivity index (χ1) is 24.8. The molecule has 0 aromatic carbocycles. The van der Waals surface area contributed by atoms with Gasteiger partial charge in [0, 0.05) is 12.8 Å². The highest BCUT2D eigenvalue weighted by Gasteiger charge is 2.22. The molecule has 0 aromatic rings. The van der Waals surface area contributed by atoms with Gasteiger partial charge in [-0.25, -0.2) is 4.57 Å². The fourth-order valence-corrected chi connectivity index (χ4v) is 5.82. The van der Waals surface area contributed by atoms with Gasteiger partial charge in [-0.05, 0) is 25.7 Å². The summed E-state index contributed by atoms with van der Waals surface area (Å²) >= 11 is 0. The number of hydrogen-bond acceptors (Lipinski definition) is 6. The lowest BCUT2D eigenvalue weighted by molar-refractivity contribution is -0.161. The van der Waals surface area contributed by atoms with Crippen LogP contribution >= 0.6 is 7.82 Å². The van der Waals surface area contributed by atoms with E-state index in [-0.39, 0.29) is 19.4 Å². The van der Waals surface area contributed by atoms with Crippen LogP contribution < -0.4 is 0 Å². The van der Waals surface area contributed by atoms with Crippen molar-refractivity contribution >= 4 is 19.8 Å². The van der Waals surface area contributed by atoms with Crippen molar-refractivity contribution < 1.29 is 37.9 Å². The molecule has 0 aliphatic heterocycles. The van der Waals surface area contributed by atoms with Gasteiger partial charge in [0.2, 0.25) is 0 Å². The highest BCUT2D eigenvalue weighted by molar-refractivity contribution is 7.46. The summed E-state index contributed by atoms with van der Waals surface area (Å²) < 4.78 is 26.3. The Morgan fingerprint density at radius 3 is 1.39 bits per heavy atom. The first-order valence-corrected chi connectivity index (χ1v) is 21.7. The van der Waals surface area contributed by atoms with E-state index in [1.807, 2.05) is 54.7 Å². The van der Waals surface area contributed by atoms with Crippen LogP contribution in [0.5, 0.6) is 0 Å². The minimum Gasteiger partial charge on any atom is -0.462 e. The van der Waals surface area contributed by atoms with Crippen molar-refractivity contribution in [3.8, 4) is 0 Å². The van der Waals surface area contributed by atoms with Gasteiger partial charge in [-0.2, -0.15) is 0 Å². The molecule has 2 N–H and O–H groups in total. The Bertz CT molecular complexity index is 1010. The molecule has 1 unspecified atom stereocenters. The molecule has 0 saturated heterocycles. The maximum atomic E-state index is 12.3. The van der Waals surface area contributed by atoms with Gasteiger partial charge in [-0.3, -0.25) is 14.1 Å². The van der Waals surface area contributed by atoms with Crippen molar-refractivity contribution in [2.24, 2.45) is 0 Å². The number of carbonyl (C=O) groups excluding carboxylic acids is 2. The molecule has 0 radical (unpaired) electrons. The standard InChI is InChI=1S/C42H73O8P/c1-3-5-7-9-11-13-15-17-18-19-20-21-22-23-25-26-28-30-32-34-36-41(43)48-38-40(39-49-51(45,46)47)50-42(44)37-35-33-31-29-27-24-16-14-12-10-8-6-4-2/h6,8,10,12,14,16,24,27,29,31,40H,3-5,7,9,11,13,15,17-23,25-26,28,30,32-39H2,1-2H3,(H2,45,46,47)/b8-6+,12-10+,16-14+,27-24+,31-29+. The van der Waals surface area contributed by atoms with Crippen LogP contribution in [0.1, 0.15) is 174 Å². The lowest BCUT2D eigenvalue weighted by Gasteiger charge is -2.18. The van der Waals surface area contributed by atoms with Gasteiger partial charge in [0.15, 0.2) is 6.10 Å². The molecule has 9 heteroatoms. The van der Waals surface area contributed by atoms with Crippen molar-refractivity contribution in [1.82, 2.24) is 0 Å². The highest BCUT2D eigenvalue weighted by atomic mass is 31.2. The molecule has 0 aromatic heterocycles. The molecule has 0 saturated carbocycles. The number of phosphoric ester groups is 1. The van der Waals surface area contributed by atoms with E-state index in [1.165, 1.54) is 109 Å². The molecule has 0 spiro atoms. The second-order valence-corrected chi connectivity index (χ2v) is 14.6. The van der Waals surface area contributed by atoms with Crippen LogP contribution in [0.4, 0.5) is 0 Å². The van der Waals surface area contributed by atoms with Crippen molar-refractivity contribution in [2.45, 2.75) is 180 Å². The molecular formula is C42H73O8P. The molecule has 8 nitrogen and oxygen atoms in total. The number of esters is 2. The van der Waals surface area contributed by atoms with Gasteiger partial charge < -0.3 is 19.3 Å². The highest BCUT2D eigenvalue weighted by Crippen LogP contribution is 2.36. The Morgan fingerprint density at radius 1 is 0.529 bits per heavy atom. The van der Waals surface area contributed by atoms with Crippen molar-refractivity contribution in [2.75, 3.05) is 13.2 Å². The van der Waals surface area contributed by atoms with Crippen molar-refractivity contribution in [3.63, 3.8) is 0 Å². The Balaban J connectivity index is 3.95. The summed E-state index contributed by atoms with van der Waals surface area (Å²) in [6.45, 7) is 3.48. The Hall–Kier alpha value is -2.25. The molecule has 294 valence electrons. The van der Waals surface area contributed by atoms with Gasteiger partial charge >= 0.3 is 19.8 Å². The number of hydrogen-bond donors (Lipinski definition) is 2. The zero-order valence-electron chi connectivity index (χ0n) is 32.2. The van der Waals surface area contributed by atoms with Crippen LogP contribution in [0, 0.1) is 0 Å². The summed E-state index contributed by atoms with van der Waals surface area (Å²) in [7, 11) is -4.77. The Morgan fingerprint density at radius 2 is 0.941 bits per heavy atom. The van der Waals surface area contributed by atoms with E-state index in [0.29, 0.717) is 19.3 Å². The number of allylic oxidation sites excluding steroid dienone is 10. The number of phosphoric acid groups is 1. The molecule has 1 atom stereocenters. The summed E-state index contributed by atoms with van der Waals surface area (Å²) in [6.07, 6.45) is 46.8. The summed E-state index contributed by atoms with van der Waals surface area (Å²) in [4.78, 5) is 42.7. The largest absolute Gasteiger partial charge is 0.469 e. The van der Waals surface area contributed by atoms with E-state index in [9.17, 15) is 14.2 Å². The second kappa shape index (κ2) is 37.5. The van der Waals surface area contributed by atoms with Gasteiger partial charge in [0.25, 0.3) is 0 Å². The summed E-state index contributed by atoms with van der Waals surface area (Å²) in [5.74, 6) is -0.970. The Labute approximate surface area is 311 Å². The summed E-state index contributed by atoms with van der Waals surface area (Å²) in [5.41, 5.74) is 0. The normalized spacial score (nSPS) is 13.1. The topological polar surface area (TPSA) is 119 Å². The summed E-state index contributed by atoms with van der Waals surface area (Å²) in [6, 6.07) is 0. The zero-order valence-corrected chi connectivity index (χ0v) is 33.1. The van der Waals surface area contributed by atoms with Crippen LogP contribution in [-0.2, 0) is 28.2 Å².